The highest BCUT2D eigenvalue weighted by Crippen LogP contribution is 2.40. The maximum atomic E-state index is 12.7. The number of carboxylic acids is 1. The van der Waals surface area contributed by atoms with Gasteiger partial charge in [0.25, 0.3) is 5.91 Å². The Morgan fingerprint density at radius 1 is 1.30 bits per heavy atom. The van der Waals surface area contributed by atoms with Crippen LogP contribution in [0.4, 0.5) is 0 Å². The average Bonchev–Trinajstić information content (AvgIpc) is 2.90. The van der Waals surface area contributed by atoms with Gasteiger partial charge in [0.2, 0.25) is 0 Å². The van der Waals surface area contributed by atoms with E-state index in [-0.39, 0.29) is 30.3 Å². The second kappa shape index (κ2) is 4.96. The van der Waals surface area contributed by atoms with E-state index in [1.165, 1.54) is 0 Å². The van der Waals surface area contributed by atoms with Crippen molar-refractivity contribution in [3.05, 3.63) is 24.0 Å². The lowest BCUT2D eigenvalue weighted by molar-refractivity contribution is -0.138. The molecule has 2 atom stereocenters. The van der Waals surface area contributed by atoms with Gasteiger partial charge in [-0.05, 0) is 43.7 Å². The van der Waals surface area contributed by atoms with Gasteiger partial charge in [-0.2, -0.15) is 0 Å². The van der Waals surface area contributed by atoms with Crippen LogP contribution in [0.25, 0.3) is 0 Å². The molecule has 0 radical (unpaired) electrons. The van der Waals surface area contributed by atoms with Crippen molar-refractivity contribution in [3.8, 4) is 0 Å². The molecule has 5 heteroatoms. The van der Waals surface area contributed by atoms with Crippen LogP contribution >= 0.6 is 0 Å². The van der Waals surface area contributed by atoms with Crippen LogP contribution in [0.2, 0.25) is 0 Å². The highest BCUT2D eigenvalue weighted by molar-refractivity contribution is 5.93. The molecule has 0 aromatic carbocycles. The molecule has 20 heavy (non-hydrogen) atoms. The zero-order valence-corrected chi connectivity index (χ0v) is 11.7. The van der Waals surface area contributed by atoms with Gasteiger partial charge >= 0.3 is 5.97 Å². The molecule has 2 bridgehead atoms. The molecule has 3 heterocycles. The lowest BCUT2D eigenvalue weighted by Crippen LogP contribution is -2.47. The lowest BCUT2D eigenvalue weighted by Gasteiger charge is -2.38. The molecule has 2 aliphatic heterocycles. The van der Waals surface area contributed by atoms with Crippen LogP contribution in [-0.2, 0) is 11.8 Å². The van der Waals surface area contributed by atoms with Gasteiger partial charge in [-0.15, -0.1) is 0 Å². The number of carbonyl (C=O) groups excluding carboxylic acids is 1. The second-order valence-corrected chi connectivity index (χ2v) is 6.04. The Morgan fingerprint density at radius 2 is 1.95 bits per heavy atom. The summed E-state index contributed by atoms with van der Waals surface area (Å²) in [5.41, 5.74) is 0.721. The third kappa shape index (κ3) is 2.21. The summed E-state index contributed by atoms with van der Waals surface area (Å²) in [7, 11) is 1.88. The highest BCUT2D eigenvalue weighted by Gasteiger charge is 2.44. The van der Waals surface area contributed by atoms with Crippen molar-refractivity contribution < 1.29 is 14.7 Å². The van der Waals surface area contributed by atoms with E-state index in [4.69, 9.17) is 5.11 Å². The minimum atomic E-state index is -0.725. The number of rotatable bonds is 3. The largest absolute Gasteiger partial charge is 0.481 e. The smallest absolute Gasteiger partial charge is 0.303 e. The van der Waals surface area contributed by atoms with Crippen molar-refractivity contribution in [1.29, 1.82) is 0 Å². The lowest BCUT2D eigenvalue weighted by atomic mass is 9.88. The fourth-order valence-electron chi connectivity index (χ4n) is 3.85. The number of aromatic nitrogens is 1. The summed E-state index contributed by atoms with van der Waals surface area (Å²) >= 11 is 0. The summed E-state index contributed by atoms with van der Waals surface area (Å²) in [6.07, 6.45) is 5.80. The minimum Gasteiger partial charge on any atom is -0.481 e. The van der Waals surface area contributed by atoms with Crippen LogP contribution in [0, 0.1) is 5.92 Å². The first-order valence-electron chi connectivity index (χ1n) is 7.22. The number of aryl methyl sites for hydroxylation is 1. The van der Waals surface area contributed by atoms with Gasteiger partial charge in [0.1, 0.15) is 5.69 Å². The Bertz CT molecular complexity index is 523. The van der Waals surface area contributed by atoms with Crippen LogP contribution in [0.15, 0.2) is 18.3 Å². The average molecular weight is 276 g/mol. The van der Waals surface area contributed by atoms with Crippen LogP contribution in [0.5, 0.6) is 0 Å². The summed E-state index contributed by atoms with van der Waals surface area (Å²) < 4.78 is 1.85. The van der Waals surface area contributed by atoms with Crippen molar-refractivity contribution in [1.82, 2.24) is 9.47 Å². The van der Waals surface area contributed by atoms with E-state index in [9.17, 15) is 9.59 Å². The van der Waals surface area contributed by atoms with Crippen LogP contribution in [0.1, 0.15) is 42.6 Å². The maximum absolute atomic E-state index is 12.7. The normalized spacial score (nSPS) is 28.6. The van der Waals surface area contributed by atoms with Crippen molar-refractivity contribution in [2.75, 3.05) is 0 Å². The predicted octanol–water partition coefficient (Wildman–Crippen LogP) is 1.88. The van der Waals surface area contributed by atoms with Gasteiger partial charge in [0, 0.05) is 31.7 Å². The van der Waals surface area contributed by atoms with Crippen molar-refractivity contribution in [3.63, 3.8) is 0 Å². The minimum absolute atomic E-state index is 0.0961. The molecule has 3 rings (SSSR count). The number of carboxylic acid groups (broad SMARTS) is 1. The van der Waals surface area contributed by atoms with Gasteiger partial charge in [-0.25, -0.2) is 0 Å². The first-order chi connectivity index (χ1) is 9.56. The molecule has 0 spiro atoms. The summed E-state index contributed by atoms with van der Waals surface area (Å²) in [6, 6.07) is 4.18. The van der Waals surface area contributed by atoms with Gasteiger partial charge in [-0.1, -0.05) is 0 Å². The van der Waals surface area contributed by atoms with E-state index < -0.39 is 5.97 Å². The van der Waals surface area contributed by atoms with Crippen molar-refractivity contribution in [2.24, 2.45) is 13.0 Å². The molecule has 1 aromatic rings. The highest BCUT2D eigenvalue weighted by atomic mass is 16.4. The third-order valence-corrected chi connectivity index (χ3v) is 4.69. The molecule has 2 fully saturated rings. The first kappa shape index (κ1) is 13.2. The van der Waals surface area contributed by atoms with Crippen LogP contribution < -0.4 is 0 Å². The molecule has 1 N–H and O–H groups in total. The number of piperidine rings is 1. The summed E-state index contributed by atoms with van der Waals surface area (Å²) in [5.74, 6) is -0.405. The Hall–Kier alpha value is -1.78. The molecule has 2 aliphatic rings. The van der Waals surface area contributed by atoms with Crippen LogP contribution in [-0.4, -0.2) is 38.5 Å². The zero-order chi connectivity index (χ0) is 14.3. The topological polar surface area (TPSA) is 62.5 Å². The molecule has 0 aliphatic carbocycles. The molecule has 2 unspecified atom stereocenters. The van der Waals surface area contributed by atoms with Gasteiger partial charge in [0.05, 0.1) is 0 Å². The standard InChI is InChI=1S/C15H20N2O3/c1-16-6-2-3-13(16)15(20)17-11-4-5-12(17)8-10(7-11)9-14(18)19/h2-3,6,10-12H,4-5,7-9H2,1H3,(H,18,19). The summed E-state index contributed by atoms with van der Waals surface area (Å²) in [5, 5.41) is 8.94. The number of amides is 1. The summed E-state index contributed by atoms with van der Waals surface area (Å²) in [6.45, 7) is 0. The molecule has 2 saturated heterocycles. The fraction of sp³-hybridized carbons (Fsp3) is 0.600. The van der Waals surface area contributed by atoms with E-state index in [1.54, 1.807) is 0 Å². The Balaban J connectivity index is 1.76. The van der Waals surface area contributed by atoms with Gasteiger partial charge < -0.3 is 14.6 Å². The maximum Gasteiger partial charge on any atom is 0.303 e. The first-order valence-corrected chi connectivity index (χ1v) is 7.22. The van der Waals surface area contributed by atoms with E-state index in [0.29, 0.717) is 0 Å². The molecule has 5 nitrogen and oxygen atoms in total. The number of nitrogens with zero attached hydrogens (tertiary/aromatic N) is 2. The predicted molar refractivity (Wildman–Crippen MR) is 73.4 cm³/mol. The van der Waals surface area contributed by atoms with Crippen molar-refractivity contribution in [2.45, 2.75) is 44.2 Å². The monoisotopic (exact) mass is 276 g/mol. The molecule has 1 amide bonds. The van der Waals surface area contributed by atoms with E-state index in [2.05, 4.69) is 0 Å². The van der Waals surface area contributed by atoms with E-state index in [1.807, 2.05) is 34.8 Å². The number of aliphatic carboxylic acids is 1. The number of fused-ring (bicyclic) bond motifs is 2. The fourth-order valence-corrected chi connectivity index (χ4v) is 3.85. The Kier molecular flexibility index (Phi) is 3.28. The van der Waals surface area contributed by atoms with Gasteiger partial charge in [0.15, 0.2) is 0 Å². The third-order valence-electron chi connectivity index (χ3n) is 4.69. The SMILES string of the molecule is Cn1cccc1C(=O)N1C2CCC1CC(CC(=O)O)C2. The zero-order valence-electron chi connectivity index (χ0n) is 11.7. The van der Waals surface area contributed by atoms with Crippen molar-refractivity contribution >= 4 is 11.9 Å². The van der Waals surface area contributed by atoms with E-state index >= 15 is 0 Å². The Morgan fingerprint density at radius 3 is 2.45 bits per heavy atom. The van der Waals surface area contributed by atoms with Crippen LogP contribution in [0.3, 0.4) is 0 Å². The summed E-state index contributed by atoms with van der Waals surface area (Å²) in [4.78, 5) is 25.5. The molecular weight excluding hydrogens is 256 g/mol. The molecular formula is C15H20N2O3. The Labute approximate surface area is 118 Å². The van der Waals surface area contributed by atoms with Gasteiger partial charge in [-0.3, -0.25) is 9.59 Å². The van der Waals surface area contributed by atoms with E-state index in [0.717, 1.165) is 31.4 Å². The number of hydrogen-bond acceptors (Lipinski definition) is 2. The molecule has 108 valence electrons. The quantitative estimate of drug-likeness (QED) is 0.917. The number of carbonyl (C=O) groups is 2. The molecule has 1 aromatic heterocycles. The second-order valence-electron chi connectivity index (χ2n) is 6.04. The molecule has 0 saturated carbocycles. The number of hydrogen-bond donors (Lipinski definition) is 1.